The maximum atomic E-state index is 15.3. The van der Waals surface area contributed by atoms with Crippen molar-refractivity contribution in [3.63, 3.8) is 0 Å². The Morgan fingerprint density at radius 3 is 2.50 bits per heavy atom. The number of aryl methyl sites for hydroxylation is 2. The highest BCUT2D eigenvalue weighted by atomic mass is 19.1. The molecule has 8 nitrogen and oxygen atoms in total. The number of rotatable bonds is 3. The molecule has 0 radical (unpaired) electrons. The predicted molar refractivity (Wildman–Crippen MR) is 138 cm³/mol. The molecule has 1 saturated heterocycles. The van der Waals surface area contributed by atoms with Gasteiger partial charge in [0, 0.05) is 62.7 Å². The average Bonchev–Trinajstić information content (AvgIpc) is 3.45. The third-order valence-corrected chi connectivity index (χ3v) is 6.92. The largest absolute Gasteiger partial charge is 0.353 e. The molecule has 6 rings (SSSR count). The number of fused-ring (bicyclic) bond motifs is 2. The van der Waals surface area contributed by atoms with Crippen LogP contribution in [0, 0.1) is 12.7 Å². The van der Waals surface area contributed by atoms with Crippen LogP contribution < -0.4 is 4.90 Å². The van der Waals surface area contributed by atoms with Gasteiger partial charge in [0.05, 0.1) is 22.9 Å². The Kier molecular flexibility index (Phi) is 5.21. The van der Waals surface area contributed by atoms with Crippen molar-refractivity contribution in [2.75, 3.05) is 31.1 Å². The first-order chi connectivity index (χ1) is 17.4. The first kappa shape index (κ1) is 22.2. The number of para-hydroxylation sites is 1. The van der Waals surface area contributed by atoms with Gasteiger partial charge in [-0.3, -0.25) is 9.48 Å². The van der Waals surface area contributed by atoms with E-state index < -0.39 is 0 Å². The van der Waals surface area contributed by atoms with Gasteiger partial charge < -0.3 is 9.80 Å². The lowest BCUT2D eigenvalue weighted by Crippen LogP contribution is -2.48. The number of carbonyl (C=O) groups is 1. The predicted octanol–water partition coefficient (Wildman–Crippen LogP) is 4.09. The van der Waals surface area contributed by atoms with E-state index in [1.807, 2.05) is 60.1 Å². The number of pyridine rings is 1. The van der Waals surface area contributed by atoms with Crippen LogP contribution in [0.5, 0.6) is 0 Å². The average molecular weight is 484 g/mol. The van der Waals surface area contributed by atoms with Crippen LogP contribution in [0.3, 0.4) is 0 Å². The summed E-state index contributed by atoms with van der Waals surface area (Å²) in [4.78, 5) is 20.4. The van der Waals surface area contributed by atoms with Crippen LogP contribution in [0.2, 0.25) is 0 Å². The van der Waals surface area contributed by atoms with Crippen LogP contribution in [0.15, 0.2) is 54.9 Å². The van der Waals surface area contributed by atoms with Gasteiger partial charge in [-0.2, -0.15) is 10.2 Å². The second-order valence-corrected chi connectivity index (χ2v) is 9.26. The van der Waals surface area contributed by atoms with E-state index in [1.165, 1.54) is 6.07 Å². The fourth-order valence-corrected chi connectivity index (χ4v) is 5.07. The molecular formula is C27H26FN7O. The summed E-state index contributed by atoms with van der Waals surface area (Å²) < 4.78 is 18.8. The Morgan fingerprint density at radius 2 is 1.78 bits per heavy atom. The van der Waals surface area contributed by atoms with Gasteiger partial charge in [-0.15, -0.1) is 0 Å². The third-order valence-electron chi connectivity index (χ3n) is 6.92. The molecule has 0 aliphatic carbocycles. The highest BCUT2D eigenvalue weighted by Gasteiger charge is 2.22. The number of piperazine rings is 1. The lowest BCUT2D eigenvalue weighted by Gasteiger charge is -2.34. The molecular weight excluding hydrogens is 457 g/mol. The zero-order valence-electron chi connectivity index (χ0n) is 20.4. The van der Waals surface area contributed by atoms with Gasteiger partial charge in [0.2, 0.25) is 5.91 Å². The zero-order valence-corrected chi connectivity index (χ0v) is 20.4. The summed E-state index contributed by atoms with van der Waals surface area (Å²) in [6, 6.07) is 13.1. The van der Waals surface area contributed by atoms with Crippen LogP contribution in [-0.4, -0.2) is 61.5 Å². The van der Waals surface area contributed by atoms with Crippen LogP contribution in [0.4, 0.5) is 10.2 Å². The lowest BCUT2D eigenvalue weighted by atomic mass is 10.0. The number of aromatic nitrogens is 5. The number of carbonyl (C=O) groups excluding carboxylic acids is 1. The number of benzene rings is 2. The van der Waals surface area contributed by atoms with Crippen molar-refractivity contribution in [1.82, 2.24) is 29.4 Å². The summed E-state index contributed by atoms with van der Waals surface area (Å²) in [5.74, 6) is 0.636. The summed E-state index contributed by atoms with van der Waals surface area (Å²) >= 11 is 0. The summed E-state index contributed by atoms with van der Waals surface area (Å²) in [7, 11) is 1.83. The summed E-state index contributed by atoms with van der Waals surface area (Å²) in [6.45, 7) is 6.51. The lowest BCUT2D eigenvalue weighted by molar-refractivity contribution is -0.129. The van der Waals surface area contributed by atoms with Gasteiger partial charge in [-0.25, -0.2) is 14.1 Å². The minimum absolute atomic E-state index is 0.105. The Hall–Kier alpha value is -4.27. The maximum absolute atomic E-state index is 15.3. The molecule has 4 heterocycles. The summed E-state index contributed by atoms with van der Waals surface area (Å²) in [5, 5.41) is 11.0. The first-order valence-corrected chi connectivity index (χ1v) is 12.0. The smallest absolute Gasteiger partial charge is 0.219 e. The topological polar surface area (TPSA) is 72.1 Å². The van der Waals surface area contributed by atoms with Crippen molar-refractivity contribution in [3.05, 3.63) is 66.2 Å². The van der Waals surface area contributed by atoms with E-state index in [2.05, 4.69) is 10.00 Å². The minimum Gasteiger partial charge on any atom is -0.353 e. The van der Waals surface area contributed by atoms with Crippen molar-refractivity contribution < 1.29 is 9.18 Å². The van der Waals surface area contributed by atoms with E-state index >= 15 is 4.39 Å². The second-order valence-electron chi connectivity index (χ2n) is 9.26. The SMILES string of the molecule is CC(=O)N1CCN(c2ccc(-n3nc(-c4c(F)ccc5nn(C)cc45)c4cccc(C)c43)cn2)CC1. The molecule has 1 amide bonds. The van der Waals surface area contributed by atoms with Crippen molar-refractivity contribution in [2.45, 2.75) is 13.8 Å². The normalized spacial score (nSPS) is 14.2. The minimum atomic E-state index is -0.332. The van der Waals surface area contributed by atoms with Crippen LogP contribution in [-0.2, 0) is 11.8 Å². The molecule has 3 aromatic heterocycles. The number of amides is 1. The van der Waals surface area contributed by atoms with Crippen molar-refractivity contribution in [1.29, 1.82) is 0 Å². The van der Waals surface area contributed by atoms with E-state index in [-0.39, 0.29) is 11.7 Å². The molecule has 0 saturated carbocycles. The molecule has 1 aliphatic heterocycles. The molecule has 2 aromatic carbocycles. The number of halogens is 1. The maximum Gasteiger partial charge on any atom is 0.219 e. The molecule has 0 spiro atoms. The van der Waals surface area contributed by atoms with Gasteiger partial charge in [0.25, 0.3) is 0 Å². The van der Waals surface area contributed by atoms with E-state index in [0.717, 1.165) is 52.0 Å². The number of hydrogen-bond acceptors (Lipinski definition) is 5. The molecule has 0 unspecified atom stereocenters. The van der Waals surface area contributed by atoms with E-state index in [4.69, 9.17) is 10.1 Å². The molecule has 1 fully saturated rings. The van der Waals surface area contributed by atoms with Crippen LogP contribution >= 0.6 is 0 Å². The highest BCUT2D eigenvalue weighted by Crippen LogP contribution is 2.37. The van der Waals surface area contributed by atoms with Crippen LogP contribution in [0.25, 0.3) is 38.8 Å². The standard InChI is InChI=1S/C27H26FN7O/c1-17-5-4-6-20-26(25-21-16-32(3)30-23(21)9-8-22(25)28)31-35(27(17)20)19-7-10-24(29-15-19)34-13-11-33(12-14-34)18(2)36/h4-10,15-16H,11-14H2,1-3H3. The first-order valence-electron chi connectivity index (χ1n) is 12.0. The Balaban J connectivity index is 1.43. The zero-order chi connectivity index (χ0) is 25.0. The molecule has 0 N–H and O–H groups in total. The number of nitrogens with zero attached hydrogens (tertiary/aromatic N) is 7. The number of anilines is 1. The second kappa shape index (κ2) is 8.44. The van der Waals surface area contributed by atoms with Gasteiger partial charge in [-0.05, 0) is 36.8 Å². The number of hydrogen-bond donors (Lipinski definition) is 0. The van der Waals surface area contributed by atoms with Gasteiger partial charge in [0.15, 0.2) is 0 Å². The van der Waals surface area contributed by atoms with Crippen molar-refractivity contribution in [2.24, 2.45) is 7.05 Å². The van der Waals surface area contributed by atoms with Crippen molar-refractivity contribution in [3.8, 4) is 16.9 Å². The molecule has 36 heavy (non-hydrogen) atoms. The Bertz CT molecular complexity index is 1610. The fraction of sp³-hybridized carbons (Fsp3) is 0.259. The van der Waals surface area contributed by atoms with E-state index in [9.17, 15) is 4.79 Å². The molecule has 0 atom stereocenters. The summed E-state index contributed by atoms with van der Waals surface area (Å²) in [5.41, 5.74) is 4.49. The molecule has 1 aliphatic rings. The van der Waals surface area contributed by atoms with E-state index in [1.54, 1.807) is 23.9 Å². The fourth-order valence-electron chi connectivity index (χ4n) is 5.07. The van der Waals surface area contributed by atoms with Crippen LogP contribution in [0.1, 0.15) is 12.5 Å². The Morgan fingerprint density at radius 1 is 0.972 bits per heavy atom. The molecule has 0 bridgehead atoms. The molecule has 5 aromatic rings. The quantitative estimate of drug-likeness (QED) is 0.387. The highest BCUT2D eigenvalue weighted by molar-refractivity contribution is 6.03. The van der Waals surface area contributed by atoms with Gasteiger partial charge in [-0.1, -0.05) is 18.2 Å². The summed E-state index contributed by atoms with van der Waals surface area (Å²) in [6.07, 6.45) is 3.63. The van der Waals surface area contributed by atoms with Crippen molar-refractivity contribution >= 4 is 33.5 Å². The van der Waals surface area contributed by atoms with E-state index in [0.29, 0.717) is 24.3 Å². The van der Waals surface area contributed by atoms with Gasteiger partial charge in [0.1, 0.15) is 17.3 Å². The monoisotopic (exact) mass is 483 g/mol. The third kappa shape index (κ3) is 3.59. The molecule has 182 valence electrons. The Labute approximate surface area is 207 Å². The molecule has 9 heteroatoms. The van der Waals surface area contributed by atoms with Gasteiger partial charge >= 0.3 is 0 Å².